The quantitative estimate of drug-likeness (QED) is 0.601. The molecule has 0 spiro atoms. The molecule has 1 fully saturated rings. The zero-order valence-electron chi connectivity index (χ0n) is 17.5. The first-order valence-corrected chi connectivity index (χ1v) is 10.9. The van der Waals surface area contributed by atoms with Crippen LogP contribution in [0.3, 0.4) is 0 Å². The van der Waals surface area contributed by atoms with Crippen LogP contribution in [-0.2, 0) is 11.8 Å². The zero-order chi connectivity index (χ0) is 22.8. The summed E-state index contributed by atoms with van der Waals surface area (Å²) in [5.74, 6) is -0.448. The Hall–Kier alpha value is -2.89. The number of nitrogens with zero attached hydrogens (tertiary/aromatic N) is 3. The maximum Gasteiger partial charge on any atom is 0.275 e. The van der Waals surface area contributed by atoms with Crippen LogP contribution in [0.1, 0.15) is 35.1 Å². The van der Waals surface area contributed by atoms with Crippen molar-refractivity contribution in [2.45, 2.75) is 31.2 Å². The Kier molecular flexibility index (Phi) is 6.49. The fourth-order valence-electron chi connectivity index (χ4n) is 3.56. The lowest BCUT2D eigenvalue weighted by molar-refractivity contribution is 0.0247. The predicted octanol–water partition coefficient (Wildman–Crippen LogP) is 3.46. The number of hydrogen-bond donors (Lipinski definition) is 2. The van der Waals surface area contributed by atoms with Crippen molar-refractivity contribution in [3.63, 3.8) is 0 Å². The van der Waals surface area contributed by atoms with Crippen LogP contribution < -0.4 is 15.8 Å². The van der Waals surface area contributed by atoms with E-state index in [1.165, 1.54) is 31.5 Å². The first-order chi connectivity index (χ1) is 15.4. The highest BCUT2D eigenvalue weighted by atomic mass is 32.1. The third-order valence-electron chi connectivity index (χ3n) is 5.36. The van der Waals surface area contributed by atoms with Crippen molar-refractivity contribution in [2.24, 2.45) is 12.8 Å². The van der Waals surface area contributed by atoms with Crippen LogP contribution in [0, 0.1) is 5.82 Å². The lowest BCUT2D eigenvalue weighted by atomic mass is 10.0. The van der Waals surface area contributed by atoms with E-state index in [2.05, 4.69) is 15.4 Å². The SMILES string of the molecule is COc1ccc(F)c(-c2nc(C(=O)Nc3cnn(C)c3[C@@H]3CC[C@@H](N)[C@H](F)CO3)cs2)c1. The minimum Gasteiger partial charge on any atom is -0.497 e. The molecule has 1 aliphatic heterocycles. The van der Waals surface area contributed by atoms with Gasteiger partial charge in [-0.3, -0.25) is 9.48 Å². The first-order valence-electron chi connectivity index (χ1n) is 10.0. The molecule has 1 amide bonds. The number of anilines is 1. The van der Waals surface area contributed by atoms with Gasteiger partial charge in [-0.05, 0) is 31.0 Å². The minimum atomic E-state index is -1.24. The summed E-state index contributed by atoms with van der Waals surface area (Å²) in [5.41, 5.74) is 7.26. The third-order valence-corrected chi connectivity index (χ3v) is 6.24. The molecule has 1 aromatic carbocycles. The lowest BCUT2D eigenvalue weighted by Gasteiger charge is -2.17. The molecule has 3 heterocycles. The Bertz CT molecular complexity index is 1110. The van der Waals surface area contributed by atoms with Crippen LogP contribution in [0.15, 0.2) is 29.8 Å². The van der Waals surface area contributed by atoms with Crippen molar-refractivity contribution < 1.29 is 23.0 Å². The summed E-state index contributed by atoms with van der Waals surface area (Å²) >= 11 is 1.15. The van der Waals surface area contributed by atoms with E-state index < -0.39 is 30.0 Å². The van der Waals surface area contributed by atoms with Gasteiger partial charge in [0.1, 0.15) is 34.5 Å². The molecular weight excluding hydrogens is 440 g/mol. The maximum absolute atomic E-state index is 14.2. The van der Waals surface area contributed by atoms with E-state index in [1.54, 1.807) is 17.1 Å². The van der Waals surface area contributed by atoms with Crippen LogP contribution >= 0.6 is 11.3 Å². The molecule has 0 unspecified atom stereocenters. The highest BCUT2D eigenvalue weighted by Crippen LogP contribution is 2.33. The van der Waals surface area contributed by atoms with Gasteiger partial charge < -0.3 is 20.5 Å². The molecule has 3 N–H and O–H groups in total. The number of carbonyl (C=O) groups is 1. The summed E-state index contributed by atoms with van der Waals surface area (Å²) in [6, 6.07) is 3.74. The van der Waals surface area contributed by atoms with Gasteiger partial charge in [-0.2, -0.15) is 5.10 Å². The highest BCUT2D eigenvalue weighted by Gasteiger charge is 2.30. The number of aromatic nitrogens is 3. The Labute approximate surface area is 187 Å². The normalized spacial score (nSPS) is 21.2. The lowest BCUT2D eigenvalue weighted by Crippen LogP contribution is -2.32. The number of halogens is 2. The number of hydrogen-bond acceptors (Lipinski definition) is 7. The van der Waals surface area contributed by atoms with Gasteiger partial charge in [-0.25, -0.2) is 13.8 Å². The molecule has 4 rings (SSSR count). The van der Waals surface area contributed by atoms with Crippen molar-refractivity contribution in [1.82, 2.24) is 14.8 Å². The summed E-state index contributed by atoms with van der Waals surface area (Å²) in [7, 11) is 3.21. The number of amides is 1. The van der Waals surface area contributed by atoms with Gasteiger partial charge >= 0.3 is 0 Å². The average Bonchev–Trinajstić information content (AvgIpc) is 3.37. The third kappa shape index (κ3) is 4.50. The van der Waals surface area contributed by atoms with Crippen LogP contribution in [-0.4, -0.2) is 46.6 Å². The largest absolute Gasteiger partial charge is 0.497 e. The number of alkyl halides is 1. The molecule has 0 radical (unpaired) electrons. The highest BCUT2D eigenvalue weighted by molar-refractivity contribution is 7.13. The fourth-order valence-corrected chi connectivity index (χ4v) is 4.38. The van der Waals surface area contributed by atoms with Gasteiger partial charge in [0, 0.05) is 24.0 Å². The summed E-state index contributed by atoms with van der Waals surface area (Å²) in [6.45, 7) is -0.119. The Morgan fingerprint density at radius 2 is 2.22 bits per heavy atom. The number of nitrogens with one attached hydrogen (secondary N) is 1. The van der Waals surface area contributed by atoms with Gasteiger partial charge in [0.15, 0.2) is 0 Å². The van der Waals surface area contributed by atoms with Crippen molar-refractivity contribution in [3.8, 4) is 16.3 Å². The number of aryl methyl sites for hydroxylation is 1. The number of ether oxygens (including phenoxy) is 2. The molecule has 8 nitrogen and oxygen atoms in total. The number of methoxy groups -OCH3 is 1. The molecule has 2 aromatic heterocycles. The van der Waals surface area contributed by atoms with E-state index >= 15 is 0 Å². The number of carbonyl (C=O) groups excluding carboxylic acids is 1. The van der Waals surface area contributed by atoms with Crippen molar-refractivity contribution >= 4 is 22.9 Å². The monoisotopic (exact) mass is 463 g/mol. The summed E-state index contributed by atoms with van der Waals surface area (Å²) in [6.07, 6.45) is 0.757. The van der Waals surface area contributed by atoms with Crippen molar-refractivity contribution in [3.05, 3.63) is 47.0 Å². The van der Waals surface area contributed by atoms with E-state index in [9.17, 15) is 13.6 Å². The predicted molar refractivity (Wildman–Crippen MR) is 116 cm³/mol. The number of benzene rings is 1. The summed E-state index contributed by atoms with van der Waals surface area (Å²) in [5, 5.41) is 8.90. The fraction of sp³-hybridized carbons (Fsp3) is 0.381. The Morgan fingerprint density at radius 1 is 1.41 bits per heavy atom. The van der Waals surface area contributed by atoms with Crippen LogP contribution in [0.2, 0.25) is 0 Å². The topological polar surface area (TPSA) is 104 Å². The maximum atomic E-state index is 14.2. The molecule has 3 atom stereocenters. The second-order valence-electron chi connectivity index (χ2n) is 7.48. The van der Waals surface area contributed by atoms with Crippen LogP contribution in [0.25, 0.3) is 10.6 Å². The molecular formula is C21H23F2N5O3S. The molecule has 170 valence electrons. The number of thiazole rings is 1. The Morgan fingerprint density at radius 3 is 3.00 bits per heavy atom. The van der Waals surface area contributed by atoms with Crippen LogP contribution in [0.5, 0.6) is 5.75 Å². The first kappa shape index (κ1) is 22.3. The average molecular weight is 464 g/mol. The van der Waals surface area contributed by atoms with Gasteiger partial charge in [0.05, 0.1) is 31.3 Å². The molecule has 32 heavy (non-hydrogen) atoms. The van der Waals surface area contributed by atoms with E-state index in [4.69, 9.17) is 15.2 Å². The Balaban J connectivity index is 1.54. The van der Waals surface area contributed by atoms with Gasteiger partial charge in [0.2, 0.25) is 0 Å². The molecule has 1 saturated heterocycles. The van der Waals surface area contributed by atoms with Gasteiger partial charge in [0.25, 0.3) is 5.91 Å². The van der Waals surface area contributed by atoms with E-state index in [1.807, 2.05) is 0 Å². The van der Waals surface area contributed by atoms with Crippen molar-refractivity contribution in [2.75, 3.05) is 19.0 Å². The molecule has 0 bridgehead atoms. The minimum absolute atomic E-state index is 0.119. The van der Waals surface area contributed by atoms with Gasteiger partial charge in [-0.1, -0.05) is 0 Å². The van der Waals surface area contributed by atoms with Crippen molar-refractivity contribution in [1.29, 1.82) is 0 Å². The van der Waals surface area contributed by atoms with Crippen LogP contribution in [0.4, 0.5) is 14.5 Å². The summed E-state index contributed by atoms with van der Waals surface area (Å²) < 4.78 is 40.6. The van der Waals surface area contributed by atoms with E-state index in [0.717, 1.165) is 11.3 Å². The molecule has 0 saturated carbocycles. The molecule has 1 aliphatic rings. The number of nitrogens with two attached hydrogens (primary N) is 1. The standard InChI is InChI=1S/C21H23F2N5O3S/c1-28-19(18-6-5-15(24)14(23)9-31-18)16(8-25-28)26-20(29)17-10-32-21(27-17)12-7-11(30-2)3-4-13(12)22/h3-4,7-8,10,14-15,18H,5-6,9,24H2,1-2H3,(H,26,29)/t14-,15-,18+/m1/s1. The second-order valence-corrected chi connectivity index (χ2v) is 8.34. The van der Waals surface area contributed by atoms with E-state index in [0.29, 0.717) is 35.0 Å². The number of rotatable bonds is 5. The smallest absolute Gasteiger partial charge is 0.275 e. The summed E-state index contributed by atoms with van der Waals surface area (Å²) in [4.78, 5) is 17.1. The zero-order valence-corrected chi connectivity index (χ0v) is 18.4. The van der Waals surface area contributed by atoms with E-state index in [-0.39, 0.29) is 17.9 Å². The molecule has 3 aromatic rings. The molecule has 11 heteroatoms. The second kappa shape index (κ2) is 9.31. The van der Waals surface area contributed by atoms with Gasteiger partial charge in [-0.15, -0.1) is 11.3 Å². The molecule has 0 aliphatic carbocycles.